The minimum Gasteiger partial charge on any atom is -0.240 e. The Kier molecular flexibility index (Phi) is 2.70. The van der Waals surface area contributed by atoms with Gasteiger partial charge >= 0.3 is 0 Å². The van der Waals surface area contributed by atoms with Gasteiger partial charge in [-0.05, 0) is 11.4 Å². The van der Waals surface area contributed by atoms with Gasteiger partial charge in [-0.25, -0.2) is 9.78 Å². The fourth-order valence-electron chi connectivity index (χ4n) is 0.512. The van der Waals surface area contributed by atoms with Crippen molar-refractivity contribution in [1.29, 1.82) is 0 Å². The molecule has 0 amide bonds. The van der Waals surface area contributed by atoms with Gasteiger partial charge in [-0.15, -0.1) is 11.3 Å². The second kappa shape index (κ2) is 3.61. The maximum Gasteiger partial charge on any atom is 0.116 e. The minimum absolute atomic E-state index is 0.550. The predicted octanol–water partition coefficient (Wildman–Crippen LogP) is 1.83. The Hall–Kier alpha value is -0.380. The number of hydrogen-bond donors (Lipinski definition) is 0. The fraction of sp³-hybridized carbons (Fsp3) is 0.333. The van der Waals surface area contributed by atoms with Crippen LogP contribution in [0.25, 0.3) is 0 Å². The second-order valence-corrected chi connectivity index (χ2v) is 2.54. The summed E-state index contributed by atoms with van der Waals surface area (Å²) in [5.74, 6) is 0. The molecular formula is C6H8O2S. The van der Waals surface area contributed by atoms with Crippen molar-refractivity contribution in [2.45, 2.75) is 6.61 Å². The average Bonchev–Trinajstić information content (AvgIpc) is 2.34. The number of hydrogen-bond acceptors (Lipinski definition) is 3. The van der Waals surface area contributed by atoms with Gasteiger partial charge in [0, 0.05) is 4.88 Å². The Morgan fingerprint density at radius 3 is 3.11 bits per heavy atom. The molecule has 0 atom stereocenters. The van der Waals surface area contributed by atoms with Gasteiger partial charge in [0.25, 0.3) is 0 Å². The monoisotopic (exact) mass is 144 g/mol. The average molecular weight is 144 g/mol. The summed E-state index contributed by atoms with van der Waals surface area (Å²) in [5, 5.41) is 2.01. The van der Waals surface area contributed by atoms with E-state index in [-0.39, 0.29) is 0 Å². The fourth-order valence-corrected chi connectivity index (χ4v) is 1.12. The van der Waals surface area contributed by atoms with E-state index in [1.807, 2.05) is 17.5 Å². The highest BCUT2D eigenvalue weighted by atomic mass is 32.1. The first kappa shape index (κ1) is 6.74. The highest BCUT2D eigenvalue weighted by molar-refractivity contribution is 7.09. The zero-order valence-electron chi connectivity index (χ0n) is 5.16. The van der Waals surface area contributed by atoms with Crippen molar-refractivity contribution in [1.82, 2.24) is 0 Å². The third-order valence-electron chi connectivity index (χ3n) is 0.899. The van der Waals surface area contributed by atoms with Crippen LogP contribution in [0.2, 0.25) is 0 Å². The molecule has 0 saturated carbocycles. The molecule has 0 fully saturated rings. The third kappa shape index (κ3) is 2.13. The molecule has 3 heteroatoms. The van der Waals surface area contributed by atoms with Crippen LogP contribution < -0.4 is 0 Å². The lowest BCUT2D eigenvalue weighted by Gasteiger charge is -1.93. The highest BCUT2D eigenvalue weighted by Gasteiger charge is 1.90. The van der Waals surface area contributed by atoms with E-state index < -0.39 is 0 Å². The molecule has 2 nitrogen and oxygen atoms in total. The van der Waals surface area contributed by atoms with E-state index in [1.54, 1.807) is 11.3 Å². The Labute approximate surface area is 58.0 Å². The van der Waals surface area contributed by atoms with Crippen LogP contribution in [-0.2, 0) is 16.4 Å². The maximum absolute atomic E-state index is 4.69. The van der Waals surface area contributed by atoms with Gasteiger partial charge in [0.15, 0.2) is 0 Å². The van der Waals surface area contributed by atoms with Gasteiger partial charge in [-0.1, -0.05) is 6.07 Å². The van der Waals surface area contributed by atoms with Crippen molar-refractivity contribution >= 4 is 11.3 Å². The van der Waals surface area contributed by atoms with E-state index in [9.17, 15) is 0 Å². The molecule has 0 saturated heterocycles. The lowest BCUT2D eigenvalue weighted by molar-refractivity contribution is -0.281. The summed E-state index contributed by atoms with van der Waals surface area (Å²) in [6.45, 7) is 0.550. The van der Waals surface area contributed by atoms with Gasteiger partial charge in [0.05, 0.1) is 7.11 Å². The summed E-state index contributed by atoms with van der Waals surface area (Å²) in [6, 6.07) is 3.99. The Bertz CT molecular complexity index is 148. The molecule has 0 aliphatic carbocycles. The minimum atomic E-state index is 0.550. The quantitative estimate of drug-likeness (QED) is 0.476. The smallest absolute Gasteiger partial charge is 0.116 e. The van der Waals surface area contributed by atoms with Gasteiger partial charge < -0.3 is 0 Å². The summed E-state index contributed by atoms with van der Waals surface area (Å²) in [4.78, 5) is 10.3. The molecule has 50 valence electrons. The molecule has 0 aliphatic heterocycles. The van der Waals surface area contributed by atoms with Crippen LogP contribution in [0.15, 0.2) is 17.5 Å². The number of rotatable bonds is 3. The van der Waals surface area contributed by atoms with Crippen molar-refractivity contribution in [2.75, 3.05) is 7.11 Å². The van der Waals surface area contributed by atoms with E-state index in [1.165, 1.54) is 12.0 Å². The molecule has 0 aromatic carbocycles. The van der Waals surface area contributed by atoms with Crippen LogP contribution in [0.4, 0.5) is 0 Å². The molecule has 0 spiro atoms. The molecular weight excluding hydrogens is 136 g/mol. The van der Waals surface area contributed by atoms with E-state index in [4.69, 9.17) is 0 Å². The Balaban J connectivity index is 2.30. The van der Waals surface area contributed by atoms with Gasteiger partial charge in [0.2, 0.25) is 0 Å². The molecule has 1 aromatic heterocycles. The standard InChI is InChI=1S/C6H8O2S/c1-7-8-5-6-3-2-4-9-6/h2-4H,5H2,1H3. The second-order valence-electron chi connectivity index (χ2n) is 1.51. The molecule has 1 rings (SSSR count). The molecule has 0 radical (unpaired) electrons. The van der Waals surface area contributed by atoms with Crippen LogP contribution in [0.5, 0.6) is 0 Å². The normalized spacial score (nSPS) is 9.89. The van der Waals surface area contributed by atoms with Crippen molar-refractivity contribution in [2.24, 2.45) is 0 Å². The van der Waals surface area contributed by atoms with E-state index in [2.05, 4.69) is 9.78 Å². The number of thiophene rings is 1. The van der Waals surface area contributed by atoms with Crippen LogP contribution in [0, 0.1) is 0 Å². The molecule has 0 aliphatic rings. The van der Waals surface area contributed by atoms with Gasteiger partial charge in [0.1, 0.15) is 6.61 Å². The van der Waals surface area contributed by atoms with Crippen molar-refractivity contribution < 1.29 is 9.78 Å². The van der Waals surface area contributed by atoms with Gasteiger partial charge in [-0.2, -0.15) is 0 Å². The van der Waals surface area contributed by atoms with E-state index in [0.29, 0.717) is 6.61 Å². The van der Waals surface area contributed by atoms with Crippen molar-refractivity contribution in [3.05, 3.63) is 22.4 Å². The first-order valence-corrected chi connectivity index (χ1v) is 3.49. The van der Waals surface area contributed by atoms with Crippen molar-refractivity contribution in [3.63, 3.8) is 0 Å². The largest absolute Gasteiger partial charge is 0.240 e. The zero-order chi connectivity index (χ0) is 6.53. The van der Waals surface area contributed by atoms with Crippen molar-refractivity contribution in [3.8, 4) is 0 Å². The highest BCUT2D eigenvalue weighted by Crippen LogP contribution is 2.08. The predicted molar refractivity (Wildman–Crippen MR) is 36.1 cm³/mol. The first-order valence-electron chi connectivity index (χ1n) is 2.61. The topological polar surface area (TPSA) is 18.5 Å². The molecule has 0 unspecified atom stereocenters. The molecule has 0 N–H and O–H groups in total. The lowest BCUT2D eigenvalue weighted by atomic mass is 10.5. The third-order valence-corrected chi connectivity index (χ3v) is 1.75. The summed E-state index contributed by atoms with van der Waals surface area (Å²) in [6.07, 6.45) is 0. The van der Waals surface area contributed by atoms with Gasteiger partial charge in [-0.3, -0.25) is 0 Å². The molecule has 1 heterocycles. The Morgan fingerprint density at radius 1 is 1.67 bits per heavy atom. The van der Waals surface area contributed by atoms with Crippen LogP contribution in [-0.4, -0.2) is 7.11 Å². The van der Waals surface area contributed by atoms with Crippen LogP contribution in [0.3, 0.4) is 0 Å². The summed E-state index contributed by atoms with van der Waals surface area (Å²) >= 11 is 1.66. The molecule has 9 heavy (non-hydrogen) atoms. The summed E-state index contributed by atoms with van der Waals surface area (Å²) in [5.41, 5.74) is 0. The summed E-state index contributed by atoms with van der Waals surface area (Å²) < 4.78 is 0. The first-order chi connectivity index (χ1) is 4.43. The zero-order valence-corrected chi connectivity index (χ0v) is 5.98. The maximum atomic E-state index is 4.69. The lowest BCUT2D eigenvalue weighted by Crippen LogP contribution is -1.86. The Morgan fingerprint density at radius 2 is 2.56 bits per heavy atom. The van der Waals surface area contributed by atoms with Crippen LogP contribution in [0.1, 0.15) is 4.88 Å². The summed E-state index contributed by atoms with van der Waals surface area (Å²) in [7, 11) is 1.51. The van der Waals surface area contributed by atoms with E-state index >= 15 is 0 Å². The SMILES string of the molecule is COOCc1cccs1. The van der Waals surface area contributed by atoms with Crippen LogP contribution >= 0.6 is 11.3 Å². The molecule has 0 bridgehead atoms. The molecule has 1 aromatic rings. The van der Waals surface area contributed by atoms with E-state index in [0.717, 1.165) is 0 Å².